The highest BCUT2D eigenvalue weighted by Crippen LogP contribution is 2.36. The Morgan fingerprint density at radius 1 is 1.12 bits per heavy atom. The lowest BCUT2D eigenvalue weighted by Crippen LogP contribution is -2.59. The summed E-state index contributed by atoms with van der Waals surface area (Å²) < 4.78 is 0. The number of hydrogen-bond donors (Lipinski definition) is 4. The average Bonchev–Trinajstić information content (AvgIpc) is 3.22. The zero-order chi connectivity index (χ0) is 24.5. The molecule has 0 spiro atoms. The van der Waals surface area contributed by atoms with Gasteiger partial charge in [-0.2, -0.15) is 0 Å². The average molecular weight is 471 g/mol. The van der Waals surface area contributed by atoms with E-state index in [1.165, 1.54) is 5.56 Å². The molecule has 2 heterocycles. The van der Waals surface area contributed by atoms with Crippen molar-refractivity contribution in [1.82, 2.24) is 20.9 Å². The van der Waals surface area contributed by atoms with Gasteiger partial charge in [0.1, 0.15) is 12.1 Å². The van der Waals surface area contributed by atoms with Gasteiger partial charge < -0.3 is 26.0 Å². The highest BCUT2D eigenvalue weighted by atomic mass is 16.3. The molecule has 4 N–H and O–H groups in total. The standard InChI is InChI=1S/C26H38N4O4/c1-16(27-3)23(31)29-21-13-14-26(2,34)15-18-11-12-22(30(18)25(21)33)24(32)28-20-10-6-8-17-7-4-5-9-19(17)20/h4-5,7,9,16,18,20-22,27,34H,6,8,10-15H2,1-3H3,(H,28,32)(H,29,31)/t16-,18+,20+,21-,22-,26?/m0/s1. The topological polar surface area (TPSA) is 111 Å². The van der Waals surface area contributed by atoms with Crippen molar-refractivity contribution in [2.24, 2.45) is 0 Å². The Balaban J connectivity index is 1.54. The van der Waals surface area contributed by atoms with Gasteiger partial charge in [0.15, 0.2) is 0 Å². The third-order valence-electron chi connectivity index (χ3n) is 7.83. The van der Waals surface area contributed by atoms with Gasteiger partial charge in [0.25, 0.3) is 0 Å². The number of nitrogens with zero attached hydrogens (tertiary/aromatic N) is 1. The van der Waals surface area contributed by atoms with Crippen molar-refractivity contribution in [3.63, 3.8) is 0 Å². The molecule has 0 saturated carbocycles. The van der Waals surface area contributed by atoms with Crippen LogP contribution in [0.4, 0.5) is 0 Å². The van der Waals surface area contributed by atoms with Crippen LogP contribution < -0.4 is 16.0 Å². The predicted molar refractivity (Wildman–Crippen MR) is 129 cm³/mol. The number of hydrogen-bond acceptors (Lipinski definition) is 5. The van der Waals surface area contributed by atoms with Gasteiger partial charge in [-0.25, -0.2) is 0 Å². The lowest BCUT2D eigenvalue weighted by Gasteiger charge is -2.40. The highest BCUT2D eigenvalue weighted by Gasteiger charge is 2.47. The van der Waals surface area contributed by atoms with Gasteiger partial charge in [-0.1, -0.05) is 24.3 Å². The number of benzene rings is 1. The van der Waals surface area contributed by atoms with Crippen molar-refractivity contribution in [3.8, 4) is 0 Å². The summed E-state index contributed by atoms with van der Waals surface area (Å²) in [6.07, 6.45) is 5.30. The van der Waals surface area contributed by atoms with Crippen molar-refractivity contribution < 1.29 is 19.5 Å². The largest absolute Gasteiger partial charge is 0.390 e. The molecule has 3 aliphatic rings. The summed E-state index contributed by atoms with van der Waals surface area (Å²) in [5.41, 5.74) is 1.46. The third kappa shape index (κ3) is 5.13. The van der Waals surface area contributed by atoms with Gasteiger partial charge in [0, 0.05) is 6.04 Å². The van der Waals surface area contributed by atoms with Crippen molar-refractivity contribution >= 4 is 17.7 Å². The Morgan fingerprint density at radius 3 is 2.65 bits per heavy atom. The highest BCUT2D eigenvalue weighted by molar-refractivity contribution is 5.94. The lowest BCUT2D eigenvalue weighted by atomic mass is 9.87. The normalized spacial score (nSPS) is 32.1. The fourth-order valence-corrected chi connectivity index (χ4v) is 5.78. The smallest absolute Gasteiger partial charge is 0.246 e. The van der Waals surface area contributed by atoms with Crippen molar-refractivity contribution in [2.45, 2.75) is 101 Å². The van der Waals surface area contributed by atoms with Crippen LogP contribution in [0, 0.1) is 0 Å². The minimum absolute atomic E-state index is 0.0588. The quantitative estimate of drug-likeness (QED) is 0.522. The zero-order valence-corrected chi connectivity index (χ0v) is 20.5. The third-order valence-corrected chi connectivity index (χ3v) is 7.83. The fraction of sp³-hybridized carbons (Fsp3) is 0.654. The molecule has 0 radical (unpaired) electrons. The summed E-state index contributed by atoms with van der Waals surface area (Å²) in [6, 6.07) is 6.12. The number of likely N-dealkylation sites (N-methyl/N-ethyl adjacent to an activating group) is 1. The van der Waals surface area contributed by atoms with Gasteiger partial charge in [-0.05, 0) is 83.4 Å². The van der Waals surface area contributed by atoms with Crippen LogP contribution >= 0.6 is 0 Å². The Bertz CT molecular complexity index is 933. The van der Waals surface area contributed by atoms with Crippen molar-refractivity contribution in [1.29, 1.82) is 0 Å². The number of carbonyl (C=O) groups excluding carboxylic acids is 3. The van der Waals surface area contributed by atoms with Gasteiger partial charge in [-0.15, -0.1) is 0 Å². The van der Waals surface area contributed by atoms with Crippen LogP contribution in [0.5, 0.6) is 0 Å². The van der Waals surface area contributed by atoms with Crippen LogP contribution in [0.25, 0.3) is 0 Å². The second-order valence-electron chi connectivity index (χ2n) is 10.5. The molecule has 2 fully saturated rings. The molecule has 0 aromatic heterocycles. The van der Waals surface area contributed by atoms with Gasteiger partial charge in [0.2, 0.25) is 17.7 Å². The van der Waals surface area contributed by atoms with Crippen molar-refractivity contribution in [3.05, 3.63) is 35.4 Å². The van der Waals surface area contributed by atoms with E-state index in [0.29, 0.717) is 32.1 Å². The van der Waals surface area contributed by atoms with E-state index >= 15 is 0 Å². The summed E-state index contributed by atoms with van der Waals surface area (Å²) in [4.78, 5) is 41.4. The summed E-state index contributed by atoms with van der Waals surface area (Å²) in [6.45, 7) is 3.51. The predicted octanol–water partition coefficient (Wildman–Crippen LogP) is 1.57. The molecular weight excluding hydrogens is 432 g/mol. The number of carbonyl (C=O) groups is 3. The first kappa shape index (κ1) is 24.7. The van der Waals surface area contributed by atoms with Gasteiger partial charge in [0.05, 0.1) is 17.7 Å². The number of amides is 3. The zero-order valence-electron chi connectivity index (χ0n) is 20.5. The van der Waals surface area contributed by atoms with E-state index in [4.69, 9.17) is 0 Å². The van der Waals surface area contributed by atoms with E-state index in [0.717, 1.165) is 24.8 Å². The summed E-state index contributed by atoms with van der Waals surface area (Å²) in [5, 5.41) is 19.9. The van der Waals surface area contributed by atoms with E-state index in [2.05, 4.69) is 28.1 Å². The number of nitrogens with one attached hydrogen (secondary N) is 3. The molecule has 4 rings (SSSR count). The molecule has 34 heavy (non-hydrogen) atoms. The van der Waals surface area contributed by atoms with E-state index in [9.17, 15) is 19.5 Å². The molecule has 1 aromatic rings. The molecule has 2 aliphatic heterocycles. The number of fused-ring (bicyclic) bond motifs is 2. The summed E-state index contributed by atoms with van der Waals surface area (Å²) in [5.74, 6) is -0.637. The molecule has 8 heteroatoms. The molecule has 186 valence electrons. The number of rotatable bonds is 5. The molecular formula is C26H38N4O4. The monoisotopic (exact) mass is 470 g/mol. The van der Waals surface area contributed by atoms with Crippen molar-refractivity contribution in [2.75, 3.05) is 7.05 Å². The maximum Gasteiger partial charge on any atom is 0.246 e. The molecule has 6 atom stereocenters. The number of aliphatic hydroxyl groups is 1. The minimum atomic E-state index is -0.963. The number of aryl methyl sites for hydroxylation is 1. The van der Waals surface area contributed by atoms with Crippen LogP contribution in [0.3, 0.4) is 0 Å². The first-order valence-corrected chi connectivity index (χ1v) is 12.6. The first-order valence-electron chi connectivity index (χ1n) is 12.6. The van der Waals surface area contributed by atoms with E-state index in [1.807, 2.05) is 12.1 Å². The SMILES string of the molecule is CN[C@@H](C)C(=O)N[C@H]1CCC(C)(O)C[C@H]2CC[C@@H](C(=O)N[C@@H]3CCCc4ccccc43)N2C1=O. The second-order valence-corrected chi connectivity index (χ2v) is 10.5. The fourth-order valence-electron chi connectivity index (χ4n) is 5.78. The maximum absolute atomic E-state index is 13.7. The van der Waals surface area contributed by atoms with E-state index in [-0.39, 0.29) is 29.8 Å². The Kier molecular flexibility index (Phi) is 7.28. The van der Waals surface area contributed by atoms with Crippen LogP contribution in [-0.4, -0.2) is 64.5 Å². The second kappa shape index (κ2) is 10.0. The van der Waals surface area contributed by atoms with Crippen LogP contribution in [0.15, 0.2) is 24.3 Å². The Morgan fingerprint density at radius 2 is 1.88 bits per heavy atom. The van der Waals surface area contributed by atoms with Gasteiger partial charge in [-0.3, -0.25) is 14.4 Å². The lowest BCUT2D eigenvalue weighted by molar-refractivity contribution is -0.147. The van der Waals surface area contributed by atoms with E-state index < -0.39 is 23.7 Å². The molecule has 0 bridgehead atoms. The van der Waals surface area contributed by atoms with E-state index in [1.54, 1.807) is 25.8 Å². The first-order chi connectivity index (χ1) is 16.2. The molecule has 1 unspecified atom stereocenters. The van der Waals surface area contributed by atoms with Crippen LogP contribution in [-0.2, 0) is 20.8 Å². The molecule has 8 nitrogen and oxygen atoms in total. The Labute approximate surface area is 201 Å². The maximum atomic E-state index is 13.7. The summed E-state index contributed by atoms with van der Waals surface area (Å²) >= 11 is 0. The molecule has 2 saturated heterocycles. The van der Waals surface area contributed by atoms with Crippen LogP contribution in [0.1, 0.15) is 76.0 Å². The molecule has 3 amide bonds. The van der Waals surface area contributed by atoms with Gasteiger partial charge >= 0.3 is 0 Å². The Hall–Kier alpha value is -2.45. The molecule has 1 aromatic carbocycles. The minimum Gasteiger partial charge on any atom is -0.390 e. The summed E-state index contributed by atoms with van der Waals surface area (Å²) in [7, 11) is 1.69. The molecule has 1 aliphatic carbocycles. The van der Waals surface area contributed by atoms with Crippen LogP contribution in [0.2, 0.25) is 0 Å².